The summed E-state index contributed by atoms with van der Waals surface area (Å²) in [5, 5.41) is 0.663. The van der Waals surface area contributed by atoms with E-state index in [4.69, 9.17) is 26.5 Å². The van der Waals surface area contributed by atoms with Crippen LogP contribution in [0.1, 0.15) is 27.7 Å². The molecule has 1 unspecified atom stereocenters. The number of fused-ring (bicyclic) bond motifs is 2. The molecule has 3 heterocycles. The largest absolute Gasteiger partial charge is 0.484 e. The van der Waals surface area contributed by atoms with Crippen LogP contribution in [0, 0.1) is 0 Å². The van der Waals surface area contributed by atoms with Crippen molar-refractivity contribution in [1.29, 1.82) is 0 Å². The fourth-order valence-electron chi connectivity index (χ4n) is 3.89. The number of hydrogen-bond acceptors (Lipinski definition) is 6. The first kappa shape index (κ1) is 20.7. The van der Waals surface area contributed by atoms with E-state index in [1.165, 1.54) is 11.0 Å². The number of carbonyl (C=O) groups is 2. The molecule has 2 N–H and O–H groups in total. The van der Waals surface area contributed by atoms with Gasteiger partial charge in [-0.2, -0.15) is 0 Å². The van der Waals surface area contributed by atoms with Gasteiger partial charge in [0, 0.05) is 11.2 Å². The molecule has 2 amide bonds. The van der Waals surface area contributed by atoms with Crippen molar-refractivity contribution in [2.75, 3.05) is 11.5 Å². The lowest BCUT2D eigenvalue weighted by Gasteiger charge is -2.24. The van der Waals surface area contributed by atoms with Gasteiger partial charge < -0.3 is 14.9 Å². The summed E-state index contributed by atoms with van der Waals surface area (Å²) < 4.78 is 11.2. The molecule has 5 rings (SSSR count). The van der Waals surface area contributed by atoms with Gasteiger partial charge in [0.05, 0.1) is 17.0 Å². The van der Waals surface area contributed by atoms with Gasteiger partial charge in [-0.05, 0) is 48.0 Å². The zero-order valence-electron chi connectivity index (χ0n) is 17.0. The Hall–Kier alpha value is -4.17. The van der Waals surface area contributed by atoms with Crippen LogP contribution in [0.2, 0.25) is 5.02 Å². The zero-order valence-corrected chi connectivity index (χ0v) is 17.8. The number of aromatic nitrogens is 1. The molecule has 0 spiro atoms. The Morgan fingerprint density at radius 3 is 2.61 bits per heavy atom. The Labute approximate surface area is 192 Å². The average molecular weight is 462 g/mol. The van der Waals surface area contributed by atoms with E-state index in [1.807, 2.05) is 0 Å². The normalized spacial score (nSPS) is 15.0. The van der Waals surface area contributed by atoms with Crippen LogP contribution < -0.4 is 20.8 Å². The number of ether oxygens (including phenoxy) is 1. The number of rotatable bonds is 5. The SMILES string of the molecule is NC(=O)COc1ccc(C2c3c(oc4ccc(Cl)cc4c3=O)C(=O)N2c2ccccn2)cc1. The average Bonchev–Trinajstić information content (AvgIpc) is 3.11. The summed E-state index contributed by atoms with van der Waals surface area (Å²) in [6.07, 6.45) is 1.56. The number of halogens is 1. The van der Waals surface area contributed by atoms with Gasteiger partial charge in [-0.1, -0.05) is 29.8 Å². The van der Waals surface area contributed by atoms with E-state index in [0.717, 1.165) is 0 Å². The Kier molecular flexibility index (Phi) is 5.07. The summed E-state index contributed by atoms with van der Waals surface area (Å²) in [5.74, 6) is -0.326. The molecule has 0 aliphatic carbocycles. The minimum absolute atomic E-state index is 0.0421. The van der Waals surface area contributed by atoms with E-state index in [-0.39, 0.29) is 34.3 Å². The van der Waals surface area contributed by atoms with Gasteiger partial charge in [0.15, 0.2) is 12.0 Å². The van der Waals surface area contributed by atoms with Crippen molar-refractivity contribution in [3.05, 3.63) is 99.0 Å². The van der Waals surface area contributed by atoms with Crippen molar-refractivity contribution >= 4 is 40.2 Å². The van der Waals surface area contributed by atoms with Crippen LogP contribution in [0.5, 0.6) is 5.75 Å². The van der Waals surface area contributed by atoms with Crippen LogP contribution in [-0.2, 0) is 4.79 Å². The number of nitrogens with zero attached hydrogens (tertiary/aromatic N) is 2. The van der Waals surface area contributed by atoms with Crippen LogP contribution in [0.25, 0.3) is 11.0 Å². The molecule has 164 valence electrons. The van der Waals surface area contributed by atoms with Gasteiger partial charge in [0.25, 0.3) is 11.8 Å². The first-order valence-corrected chi connectivity index (χ1v) is 10.3. The molecule has 0 fully saturated rings. The number of primary amides is 1. The highest BCUT2D eigenvalue weighted by atomic mass is 35.5. The summed E-state index contributed by atoms with van der Waals surface area (Å²) in [5.41, 5.74) is 5.88. The number of anilines is 1. The van der Waals surface area contributed by atoms with Gasteiger partial charge in [0.1, 0.15) is 17.2 Å². The minimum atomic E-state index is -0.785. The Balaban J connectivity index is 1.69. The van der Waals surface area contributed by atoms with Crippen molar-refractivity contribution in [1.82, 2.24) is 4.98 Å². The number of benzene rings is 2. The number of hydrogen-bond donors (Lipinski definition) is 1. The van der Waals surface area contributed by atoms with Gasteiger partial charge in [0.2, 0.25) is 5.76 Å². The topological polar surface area (TPSA) is 116 Å². The Morgan fingerprint density at radius 2 is 1.91 bits per heavy atom. The van der Waals surface area contributed by atoms with Crippen LogP contribution in [0.3, 0.4) is 0 Å². The molecule has 2 aromatic carbocycles. The van der Waals surface area contributed by atoms with Crippen LogP contribution in [0.15, 0.2) is 76.1 Å². The Morgan fingerprint density at radius 1 is 1.12 bits per heavy atom. The van der Waals surface area contributed by atoms with Crippen molar-refractivity contribution in [3.8, 4) is 5.75 Å². The molecule has 0 saturated heterocycles. The summed E-state index contributed by atoms with van der Waals surface area (Å²) in [7, 11) is 0. The van der Waals surface area contributed by atoms with Gasteiger partial charge >= 0.3 is 0 Å². The predicted octanol–water partition coefficient (Wildman–Crippen LogP) is 3.46. The number of nitrogens with two attached hydrogens (primary N) is 1. The van der Waals surface area contributed by atoms with Gasteiger partial charge in [-0.15, -0.1) is 0 Å². The van der Waals surface area contributed by atoms with Crippen molar-refractivity contribution < 1.29 is 18.7 Å². The third-order valence-electron chi connectivity index (χ3n) is 5.31. The van der Waals surface area contributed by atoms with Gasteiger partial charge in [-0.25, -0.2) is 4.98 Å². The highest BCUT2D eigenvalue weighted by Gasteiger charge is 2.44. The standard InChI is InChI=1S/C24H16ClN3O5/c25-14-6-9-17-16(11-14)22(30)20-21(13-4-7-15(8-5-13)32-12-18(26)29)28(24(31)23(20)33-17)19-3-1-2-10-27-19/h1-11,21H,12H2,(H2,26,29). The molecular formula is C24H16ClN3O5. The molecule has 9 heteroatoms. The van der Waals surface area contributed by atoms with Crippen molar-refractivity contribution in [3.63, 3.8) is 0 Å². The minimum Gasteiger partial charge on any atom is -0.484 e. The summed E-state index contributed by atoms with van der Waals surface area (Å²) in [4.78, 5) is 43.7. The maximum Gasteiger partial charge on any atom is 0.296 e. The number of amides is 2. The molecule has 1 atom stereocenters. The van der Waals surface area contributed by atoms with E-state index in [2.05, 4.69) is 4.98 Å². The summed E-state index contributed by atoms with van der Waals surface area (Å²) >= 11 is 6.10. The molecule has 0 saturated carbocycles. The second-order valence-corrected chi connectivity index (χ2v) is 7.84. The zero-order chi connectivity index (χ0) is 23.1. The van der Waals surface area contributed by atoms with Crippen LogP contribution in [0.4, 0.5) is 5.82 Å². The van der Waals surface area contributed by atoms with Crippen LogP contribution >= 0.6 is 11.6 Å². The first-order valence-electron chi connectivity index (χ1n) is 9.96. The third kappa shape index (κ3) is 3.60. The highest BCUT2D eigenvalue weighted by molar-refractivity contribution is 6.31. The second-order valence-electron chi connectivity index (χ2n) is 7.40. The molecule has 0 radical (unpaired) electrons. The quantitative estimate of drug-likeness (QED) is 0.486. The lowest BCUT2D eigenvalue weighted by Crippen LogP contribution is -2.30. The molecule has 1 aliphatic heterocycles. The number of pyridine rings is 1. The molecule has 33 heavy (non-hydrogen) atoms. The lowest BCUT2D eigenvalue weighted by atomic mass is 9.98. The van der Waals surface area contributed by atoms with E-state index < -0.39 is 17.9 Å². The summed E-state index contributed by atoms with van der Waals surface area (Å²) in [6.45, 7) is -0.263. The van der Waals surface area contributed by atoms with Crippen molar-refractivity contribution in [2.24, 2.45) is 5.73 Å². The maximum atomic E-state index is 13.5. The number of carbonyl (C=O) groups excluding carboxylic acids is 2. The predicted molar refractivity (Wildman–Crippen MR) is 122 cm³/mol. The first-order chi connectivity index (χ1) is 15.9. The van der Waals surface area contributed by atoms with E-state index in [1.54, 1.807) is 60.8 Å². The fourth-order valence-corrected chi connectivity index (χ4v) is 4.07. The maximum absolute atomic E-state index is 13.5. The van der Waals surface area contributed by atoms with E-state index >= 15 is 0 Å². The monoisotopic (exact) mass is 461 g/mol. The van der Waals surface area contributed by atoms with Crippen molar-refractivity contribution in [2.45, 2.75) is 6.04 Å². The summed E-state index contributed by atoms with van der Waals surface area (Å²) in [6, 6.07) is 15.8. The molecule has 8 nitrogen and oxygen atoms in total. The molecule has 0 bridgehead atoms. The Bertz CT molecular complexity index is 1450. The fraction of sp³-hybridized carbons (Fsp3) is 0.0833. The molecule has 1 aliphatic rings. The van der Waals surface area contributed by atoms with Crippen LogP contribution in [-0.4, -0.2) is 23.4 Å². The van der Waals surface area contributed by atoms with Gasteiger partial charge in [-0.3, -0.25) is 19.3 Å². The highest BCUT2D eigenvalue weighted by Crippen LogP contribution is 2.41. The van der Waals surface area contributed by atoms with E-state index in [0.29, 0.717) is 22.2 Å². The smallest absolute Gasteiger partial charge is 0.296 e. The molecular weight excluding hydrogens is 446 g/mol. The molecule has 2 aromatic heterocycles. The molecule has 4 aromatic rings. The second kappa shape index (κ2) is 8.07. The van der Waals surface area contributed by atoms with E-state index in [9.17, 15) is 14.4 Å². The lowest BCUT2D eigenvalue weighted by molar-refractivity contribution is -0.119. The third-order valence-corrected chi connectivity index (χ3v) is 5.54.